The first-order valence-electron chi connectivity index (χ1n) is 4.58. The molecule has 0 aliphatic carbocycles. The molecule has 0 saturated heterocycles. The number of rotatable bonds is 4. The number of pyridine rings is 1. The number of hydrogen-bond donors (Lipinski definition) is 0. The molecular formula is C10H10N2O4. The number of aromatic nitrogens is 1. The fraction of sp³-hybridized carbons (Fsp3) is 0.200. The van der Waals surface area contributed by atoms with Crippen LogP contribution in [0.25, 0.3) is 6.08 Å². The molecule has 0 spiro atoms. The van der Waals surface area contributed by atoms with Gasteiger partial charge in [0.1, 0.15) is 0 Å². The van der Waals surface area contributed by atoms with E-state index in [0.29, 0.717) is 5.69 Å². The van der Waals surface area contributed by atoms with E-state index in [4.69, 9.17) is 0 Å². The van der Waals surface area contributed by atoms with Gasteiger partial charge in [-0.25, -0.2) is 4.79 Å². The molecule has 0 saturated carbocycles. The van der Waals surface area contributed by atoms with Gasteiger partial charge >= 0.3 is 5.97 Å². The highest BCUT2D eigenvalue weighted by atomic mass is 16.6. The molecule has 0 N–H and O–H groups in total. The van der Waals surface area contributed by atoms with Crippen LogP contribution in [0.15, 0.2) is 24.4 Å². The summed E-state index contributed by atoms with van der Waals surface area (Å²) in [5, 5.41) is 10.5. The van der Waals surface area contributed by atoms with Gasteiger partial charge in [-0.05, 0) is 13.0 Å². The number of nitro groups is 1. The van der Waals surface area contributed by atoms with Gasteiger partial charge in [-0.15, -0.1) is 0 Å². The molecule has 0 atom stereocenters. The molecule has 0 unspecified atom stereocenters. The van der Waals surface area contributed by atoms with Crippen molar-refractivity contribution in [3.63, 3.8) is 0 Å². The van der Waals surface area contributed by atoms with Crippen molar-refractivity contribution in [2.75, 3.05) is 6.61 Å². The van der Waals surface area contributed by atoms with Crippen molar-refractivity contribution in [3.8, 4) is 0 Å². The molecule has 1 aromatic heterocycles. The van der Waals surface area contributed by atoms with E-state index in [1.165, 1.54) is 30.5 Å². The second kappa shape index (κ2) is 5.59. The molecule has 0 amide bonds. The molecule has 0 bridgehead atoms. The molecule has 1 rings (SSSR count). The number of nitrogens with zero attached hydrogens (tertiary/aromatic N) is 2. The van der Waals surface area contributed by atoms with E-state index in [9.17, 15) is 14.9 Å². The van der Waals surface area contributed by atoms with Crippen molar-refractivity contribution in [1.82, 2.24) is 4.98 Å². The van der Waals surface area contributed by atoms with E-state index in [-0.39, 0.29) is 12.3 Å². The van der Waals surface area contributed by atoms with Gasteiger partial charge in [0.2, 0.25) is 0 Å². The van der Waals surface area contributed by atoms with Gasteiger partial charge in [-0.3, -0.25) is 15.1 Å². The predicted octanol–water partition coefficient (Wildman–Crippen LogP) is 1.57. The number of esters is 1. The zero-order valence-electron chi connectivity index (χ0n) is 8.62. The second-order valence-electron chi connectivity index (χ2n) is 2.78. The van der Waals surface area contributed by atoms with E-state index in [2.05, 4.69) is 9.72 Å². The van der Waals surface area contributed by atoms with Crippen LogP contribution in [0.4, 0.5) is 5.69 Å². The summed E-state index contributed by atoms with van der Waals surface area (Å²) in [6.07, 6.45) is 3.85. The molecule has 1 aromatic rings. The van der Waals surface area contributed by atoms with Crippen LogP contribution in [0.5, 0.6) is 0 Å². The van der Waals surface area contributed by atoms with Gasteiger partial charge in [-0.1, -0.05) is 0 Å². The third kappa shape index (κ3) is 3.49. The summed E-state index contributed by atoms with van der Waals surface area (Å²) in [5.41, 5.74) is 0.265. The highest BCUT2D eigenvalue weighted by Crippen LogP contribution is 2.11. The Balaban J connectivity index is 2.77. The van der Waals surface area contributed by atoms with Crippen LogP contribution < -0.4 is 0 Å². The lowest BCUT2D eigenvalue weighted by Gasteiger charge is -1.95. The third-order valence-corrected chi connectivity index (χ3v) is 1.65. The monoisotopic (exact) mass is 222 g/mol. The van der Waals surface area contributed by atoms with Crippen LogP contribution in [0.1, 0.15) is 12.6 Å². The van der Waals surface area contributed by atoms with E-state index in [1.807, 2.05) is 0 Å². The summed E-state index contributed by atoms with van der Waals surface area (Å²) in [6.45, 7) is 1.98. The lowest BCUT2D eigenvalue weighted by molar-refractivity contribution is -0.384. The van der Waals surface area contributed by atoms with Crippen LogP contribution in [-0.2, 0) is 9.53 Å². The topological polar surface area (TPSA) is 82.3 Å². The van der Waals surface area contributed by atoms with Gasteiger partial charge in [0, 0.05) is 24.4 Å². The van der Waals surface area contributed by atoms with Crippen molar-refractivity contribution in [2.24, 2.45) is 0 Å². The minimum absolute atomic E-state index is 0.0708. The Hall–Kier alpha value is -2.24. The van der Waals surface area contributed by atoms with E-state index >= 15 is 0 Å². The molecule has 16 heavy (non-hydrogen) atoms. The maximum absolute atomic E-state index is 11.0. The lowest BCUT2D eigenvalue weighted by Crippen LogP contribution is -1.98. The Morgan fingerprint density at radius 3 is 3.06 bits per heavy atom. The molecule has 0 fully saturated rings. The first-order valence-corrected chi connectivity index (χ1v) is 4.58. The summed E-state index contributed by atoms with van der Waals surface area (Å²) < 4.78 is 4.65. The van der Waals surface area contributed by atoms with Crippen LogP contribution in [0, 0.1) is 10.1 Å². The molecule has 84 valence electrons. The van der Waals surface area contributed by atoms with Crippen molar-refractivity contribution >= 4 is 17.7 Å². The molecule has 0 aliphatic heterocycles. The highest BCUT2D eigenvalue weighted by Gasteiger charge is 2.05. The van der Waals surface area contributed by atoms with Crippen LogP contribution in [-0.4, -0.2) is 22.5 Å². The molecule has 0 radical (unpaired) electrons. The van der Waals surface area contributed by atoms with E-state index in [1.54, 1.807) is 6.92 Å². The lowest BCUT2D eigenvalue weighted by atomic mass is 10.3. The normalized spacial score (nSPS) is 10.3. The maximum atomic E-state index is 11.0. The molecule has 1 heterocycles. The Bertz CT molecular complexity index is 429. The Kier molecular flexibility index (Phi) is 4.14. The number of ether oxygens (including phenoxy) is 1. The first kappa shape index (κ1) is 11.8. The van der Waals surface area contributed by atoms with Gasteiger partial charge < -0.3 is 4.74 Å². The summed E-state index contributed by atoms with van der Waals surface area (Å²) in [4.78, 5) is 24.8. The van der Waals surface area contributed by atoms with Crippen molar-refractivity contribution in [3.05, 3.63) is 40.2 Å². The molecule has 0 aromatic carbocycles. The Morgan fingerprint density at radius 1 is 1.69 bits per heavy atom. The number of carbonyl (C=O) groups excluding carboxylic acids is 1. The van der Waals surface area contributed by atoms with Gasteiger partial charge in [-0.2, -0.15) is 0 Å². The zero-order valence-corrected chi connectivity index (χ0v) is 8.62. The van der Waals surface area contributed by atoms with Gasteiger partial charge in [0.05, 0.1) is 17.2 Å². The largest absolute Gasteiger partial charge is 0.463 e. The minimum Gasteiger partial charge on any atom is -0.463 e. The number of hydrogen-bond acceptors (Lipinski definition) is 5. The molecule has 6 heteroatoms. The maximum Gasteiger partial charge on any atom is 0.330 e. The average molecular weight is 222 g/mol. The fourth-order valence-corrected chi connectivity index (χ4v) is 0.985. The summed E-state index contributed by atoms with van der Waals surface area (Å²) >= 11 is 0. The summed E-state index contributed by atoms with van der Waals surface area (Å²) in [7, 11) is 0. The zero-order chi connectivity index (χ0) is 12.0. The van der Waals surface area contributed by atoms with Crippen LogP contribution in [0.3, 0.4) is 0 Å². The molecule has 6 nitrogen and oxygen atoms in total. The van der Waals surface area contributed by atoms with Crippen LogP contribution >= 0.6 is 0 Å². The summed E-state index contributed by atoms with van der Waals surface area (Å²) in [6, 6.07) is 2.55. The van der Waals surface area contributed by atoms with Crippen molar-refractivity contribution in [1.29, 1.82) is 0 Å². The van der Waals surface area contributed by atoms with Crippen molar-refractivity contribution < 1.29 is 14.5 Å². The van der Waals surface area contributed by atoms with Gasteiger partial charge in [0.15, 0.2) is 0 Å². The second-order valence-corrected chi connectivity index (χ2v) is 2.78. The van der Waals surface area contributed by atoms with E-state index in [0.717, 1.165) is 0 Å². The minimum atomic E-state index is -0.524. The molecule has 0 aliphatic rings. The standard InChI is InChI=1S/C10H10N2O4/c1-2-16-10(13)4-3-8-7-9(12(14)15)5-6-11-8/h3-7H,2H2,1H3. The highest BCUT2D eigenvalue weighted by molar-refractivity contribution is 5.86. The third-order valence-electron chi connectivity index (χ3n) is 1.65. The van der Waals surface area contributed by atoms with Crippen molar-refractivity contribution in [2.45, 2.75) is 6.92 Å². The first-order chi connectivity index (χ1) is 7.63. The SMILES string of the molecule is CCOC(=O)C=Cc1cc([N+](=O)[O-])ccn1. The predicted molar refractivity (Wildman–Crippen MR) is 56.6 cm³/mol. The quantitative estimate of drug-likeness (QED) is 0.334. The summed E-state index contributed by atoms with van der Waals surface area (Å²) in [5.74, 6) is -0.504. The smallest absolute Gasteiger partial charge is 0.330 e. The van der Waals surface area contributed by atoms with Gasteiger partial charge in [0.25, 0.3) is 5.69 Å². The van der Waals surface area contributed by atoms with E-state index < -0.39 is 10.9 Å². The Morgan fingerprint density at radius 2 is 2.44 bits per heavy atom. The average Bonchev–Trinajstić information content (AvgIpc) is 2.27. The number of carbonyl (C=O) groups is 1. The molecular weight excluding hydrogens is 212 g/mol. The Labute approximate surface area is 91.7 Å². The van der Waals surface area contributed by atoms with Crippen LogP contribution in [0.2, 0.25) is 0 Å². The fourth-order valence-electron chi connectivity index (χ4n) is 0.985.